The Labute approximate surface area is 145 Å². The number of rotatable bonds is 2. The summed E-state index contributed by atoms with van der Waals surface area (Å²) in [7, 11) is 0. The Morgan fingerprint density at radius 2 is 1.83 bits per heavy atom. The third-order valence-electron chi connectivity index (χ3n) is 4.41. The van der Waals surface area contributed by atoms with Crippen LogP contribution in [0.2, 0.25) is 0 Å². The number of amides is 1. The zero-order valence-corrected chi connectivity index (χ0v) is 14.1. The molecule has 2 N–H and O–H groups in total. The van der Waals surface area contributed by atoms with E-state index >= 15 is 0 Å². The number of fused-ring (bicyclic) bond motifs is 1. The molecule has 24 heavy (non-hydrogen) atoms. The van der Waals surface area contributed by atoms with Crippen LogP contribution in [0.4, 0.5) is 5.69 Å². The SMILES string of the molecule is CC(c1ccccc1)N1C(=N)C(=C2Nc3ccccc3S2)CC1=O. The molecule has 1 unspecified atom stereocenters. The van der Waals surface area contributed by atoms with Crippen LogP contribution < -0.4 is 5.32 Å². The van der Waals surface area contributed by atoms with Crippen LogP contribution in [0.5, 0.6) is 0 Å². The molecule has 0 bridgehead atoms. The van der Waals surface area contributed by atoms with Gasteiger partial charge in [-0.25, -0.2) is 0 Å². The number of hydrogen-bond acceptors (Lipinski definition) is 4. The van der Waals surface area contributed by atoms with Gasteiger partial charge in [0.2, 0.25) is 5.91 Å². The van der Waals surface area contributed by atoms with Crippen molar-refractivity contribution in [3.8, 4) is 0 Å². The minimum atomic E-state index is -0.141. The molecule has 1 atom stereocenters. The fourth-order valence-electron chi connectivity index (χ4n) is 3.12. The van der Waals surface area contributed by atoms with Crippen molar-refractivity contribution < 1.29 is 4.79 Å². The number of para-hydroxylation sites is 1. The van der Waals surface area contributed by atoms with Crippen LogP contribution in [0.25, 0.3) is 0 Å². The second-order valence-corrected chi connectivity index (χ2v) is 6.96. The molecule has 2 heterocycles. The van der Waals surface area contributed by atoms with Crippen molar-refractivity contribution in [1.29, 1.82) is 5.41 Å². The number of anilines is 1. The topological polar surface area (TPSA) is 56.2 Å². The van der Waals surface area contributed by atoms with Gasteiger partial charge in [-0.3, -0.25) is 15.1 Å². The van der Waals surface area contributed by atoms with E-state index in [4.69, 9.17) is 5.41 Å². The van der Waals surface area contributed by atoms with Crippen molar-refractivity contribution in [1.82, 2.24) is 4.90 Å². The van der Waals surface area contributed by atoms with E-state index in [-0.39, 0.29) is 18.4 Å². The van der Waals surface area contributed by atoms with Gasteiger partial charge in [0.25, 0.3) is 0 Å². The molecular weight excluding hydrogens is 318 g/mol. The quantitative estimate of drug-likeness (QED) is 0.856. The van der Waals surface area contributed by atoms with E-state index < -0.39 is 0 Å². The number of benzene rings is 2. The number of carbonyl (C=O) groups excluding carboxylic acids is 1. The molecule has 0 spiro atoms. The smallest absolute Gasteiger partial charge is 0.233 e. The first-order chi connectivity index (χ1) is 11.6. The Kier molecular flexibility index (Phi) is 3.65. The molecule has 4 rings (SSSR count). The van der Waals surface area contributed by atoms with Crippen LogP contribution in [0.3, 0.4) is 0 Å². The third kappa shape index (κ3) is 2.41. The normalized spacial score (nSPS) is 21.0. The van der Waals surface area contributed by atoms with Crippen molar-refractivity contribution in [2.45, 2.75) is 24.3 Å². The lowest BCUT2D eigenvalue weighted by Gasteiger charge is -2.24. The van der Waals surface area contributed by atoms with Crippen LogP contribution in [-0.2, 0) is 4.79 Å². The van der Waals surface area contributed by atoms with Crippen LogP contribution in [0.15, 0.2) is 70.1 Å². The van der Waals surface area contributed by atoms with E-state index in [2.05, 4.69) is 5.32 Å². The highest BCUT2D eigenvalue weighted by Gasteiger charge is 2.37. The summed E-state index contributed by atoms with van der Waals surface area (Å²) >= 11 is 1.60. The highest BCUT2D eigenvalue weighted by Crippen LogP contribution is 2.44. The van der Waals surface area contributed by atoms with Crippen molar-refractivity contribution in [3.05, 3.63) is 70.8 Å². The second kappa shape index (κ2) is 5.83. The van der Waals surface area contributed by atoms with Gasteiger partial charge >= 0.3 is 0 Å². The molecule has 1 amide bonds. The van der Waals surface area contributed by atoms with Gasteiger partial charge < -0.3 is 5.32 Å². The molecule has 2 aliphatic rings. The van der Waals surface area contributed by atoms with E-state index in [1.54, 1.807) is 16.7 Å². The second-order valence-electron chi connectivity index (χ2n) is 5.91. The number of thioether (sulfide) groups is 1. The zero-order valence-electron chi connectivity index (χ0n) is 13.2. The van der Waals surface area contributed by atoms with Crippen molar-refractivity contribution in [3.63, 3.8) is 0 Å². The average molecular weight is 335 g/mol. The first kappa shape index (κ1) is 15.0. The Balaban J connectivity index is 1.64. The highest BCUT2D eigenvalue weighted by molar-refractivity contribution is 8.03. The maximum Gasteiger partial charge on any atom is 0.233 e. The third-order valence-corrected chi connectivity index (χ3v) is 5.54. The molecule has 4 nitrogen and oxygen atoms in total. The highest BCUT2D eigenvalue weighted by atomic mass is 32.2. The number of likely N-dealkylation sites (tertiary alicyclic amines) is 1. The van der Waals surface area contributed by atoms with Crippen molar-refractivity contribution >= 4 is 29.2 Å². The van der Waals surface area contributed by atoms with Crippen LogP contribution in [0, 0.1) is 5.41 Å². The predicted octanol–water partition coefficient (Wildman–Crippen LogP) is 4.39. The predicted molar refractivity (Wildman–Crippen MR) is 97.0 cm³/mol. The molecule has 0 aliphatic carbocycles. The molecule has 1 saturated heterocycles. The van der Waals surface area contributed by atoms with E-state index in [0.717, 1.165) is 26.7 Å². The lowest BCUT2D eigenvalue weighted by atomic mass is 10.1. The molecule has 2 aromatic rings. The molecule has 2 aromatic carbocycles. The summed E-state index contributed by atoms with van der Waals surface area (Å²) in [4.78, 5) is 15.3. The number of nitrogens with zero attached hydrogens (tertiary/aromatic N) is 1. The van der Waals surface area contributed by atoms with Gasteiger partial charge in [-0.15, -0.1) is 0 Å². The molecule has 120 valence electrons. The van der Waals surface area contributed by atoms with E-state index in [9.17, 15) is 4.79 Å². The standard InChI is InChI=1S/C19H17N3OS/c1-12(13-7-3-2-4-8-13)22-17(23)11-14(18(22)20)19-21-15-9-5-6-10-16(15)24-19/h2-10,12,20-21H,11H2,1H3. The van der Waals surface area contributed by atoms with Gasteiger partial charge in [-0.05, 0) is 24.6 Å². The number of hydrogen-bond donors (Lipinski definition) is 2. The molecule has 0 saturated carbocycles. The van der Waals surface area contributed by atoms with Gasteiger partial charge in [0.1, 0.15) is 5.84 Å². The Bertz CT molecular complexity index is 833. The fourth-order valence-corrected chi connectivity index (χ4v) is 4.17. The lowest BCUT2D eigenvalue weighted by Crippen LogP contribution is -2.32. The lowest BCUT2D eigenvalue weighted by molar-refractivity contribution is -0.126. The van der Waals surface area contributed by atoms with Gasteiger partial charge in [0, 0.05) is 10.5 Å². The number of amidine groups is 1. The van der Waals surface area contributed by atoms with Gasteiger partial charge in [-0.1, -0.05) is 54.2 Å². The monoisotopic (exact) mass is 335 g/mol. The average Bonchev–Trinajstić information content (AvgIpc) is 3.15. The summed E-state index contributed by atoms with van der Waals surface area (Å²) in [5, 5.41) is 12.8. The maximum atomic E-state index is 12.6. The molecule has 2 aliphatic heterocycles. The maximum absolute atomic E-state index is 12.6. The van der Waals surface area contributed by atoms with Gasteiger partial charge in [0.05, 0.1) is 23.2 Å². The molecule has 0 radical (unpaired) electrons. The first-order valence-corrected chi connectivity index (χ1v) is 8.70. The van der Waals surface area contributed by atoms with Crippen LogP contribution in [-0.4, -0.2) is 16.6 Å². The summed E-state index contributed by atoms with van der Waals surface area (Å²) in [5.74, 6) is 0.288. The summed E-state index contributed by atoms with van der Waals surface area (Å²) in [6.07, 6.45) is 0.277. The number of carbonyl (C=O) groups is 1. The van der Waals surface area contributed by atoms with Crippen molar-refractivity contribution in [2.75, 3.05) is 5.32 Å². The molecule has 1 fully saturated rings. The summed E-state index contributed by atoms with van der Waals surface area (Å²) in [6.45, 7) is 1.97. The largest absolute Gasteiger partial charge is 0.349 e. The van der Waals surface area contributed by atoms with E-state index in [1.165, 1.54) is 0 Å². The minimum Gasteiger partial charge on any atom is -0.349 e. The molecular formula is C19H17N3OS. The first-order valence-electron chi connectivity index (χ1n) is 7.88. The number of nitrogens with one attached hydrogen (secondary N) is 2. The fraction of sp³-hybridized carbons (Fsp3) is 0.158. The van der Waals surface area contributed by atoms with Gasteiger partial charge in [0.15, 0.2) is 0 Å². The Hall–Kier alpha value is -2.53. The summed E-state index contributed by atoms with van der Waals surface area (Å²) in [6, 6.07) is 17.8. The Morgan fingerprint density at radius 1 is 1.12 bits per heavy atom. The molecule has 5 heteroatoms. The minimum absolute atomic E-state index is 0.0165. The summed E-state index contributed by atoms with van der Waals surface area (Å²) < 4.78 is 0. The van der Waals surface area contributed by atoms with Crippen molar-refractivity contribution in [2.24, 2.45) is 0 Å². The summed E-state index contributed by atoms with van der Waals surface area (Å²) in [5.41, 5.74) is 2.86. The van der Waals surface area contributed by atoms with Crippen LogP contribution in [0.1, 0.15) is 24.9 Å². The zero-order chi connectivity index (χ0) is 16.7. The van der Waals surface area contributed by atoms with Crippen LogP contribution >= 0.6 is 11.8 Å². The van der Waals surface area contributed by atoms with E-state index in [0.29, 0.717) is 5.84 Å². The van der Waals surface area contributed by atoms with E-state index in [1.807, 2.05) is 61.5 Å². The van der Waals surface area contributed by atoms with Gasteiger partial charge in [-0.2, -0.15) is 0 Å². The Morgan fingerprint density at radius 3 is 2.58 bits per heavy atom. The molecule has 0 aromatic heterocycles.